The molecule has 7 nitrogen and oxygen atoms in total. The number of para-hydroxylation sites is 1. The van der Waals surface area contributed by atoms with Crippen molar-refractivity contribution in [3.8, 4) is 0 Å². The van der Waals surface area contributed by atoms with E-state index in [1.54, 1.807) is 18.2 Å². The Morgan fingerprint density at radius 3 is 2.55 bits per heavy atom. The molecule has 0 saturated heterocycles. The maximum Gasteiger partial charge on any atom is 0.384 e. The van der Waals surface area contributed by atoms with Gasteiger partial charge >= 0.3 is 12.0 Å². The summed E-state index contributed by atoms with van der Waals surface area (Å²) in [5, 5.41) is 7.73. The van der Waals surface area contributed by atoms with Crippen molar-refractivity contribution in [2.75, 3.05) is 5.32 Å². The molecule has 0 saturated carbocycles. The number of hydrogen-bond acceptors (Lipinski definition) is 6. The van der Waals surface area contributed by atoms with E-state index in [2.05, 4.69) is 19.7 Å². The Bertz CT molecular complexity index is 615. The zero-order valence-corrected chi connectivity index (χ0v) is 11.9. The van der Waals surface area contributed by atoms with Gasteiger partial charge in [0.25, 0.3) is 0 Å². The number of carbonyl (C=O) groups excluding carboxylic acids is 2. The van der Waals surface area contributed by atoms with Gasteiger partial charge in [0.2, 0.25) is 0 Å². The van der Waals surface area contributed by atoms with E-state index in [1.165, 1.54) is 5.38 Å². The summed E-state index contributed by atoms with van der Waals surface area (Å²) in [6.07, 6.45) is 0. The lowest BCUT2D eigenvalue weighted by atomic mass is 10.3. The highest BCUT2D eigenvalue weighted by atomic mass is 35.5. The van der Waals surface area contributed by atoms with Gasteiger partial charge in [-0.2, -0.15) is 5.48 Å². The molecule has 2 amide bonds. The van der Waals surface area contributed by atoms with E-state index in [1.807, 2.05) is 5.48 Å². The van der Waals surface area contributed by atoms with Gasteiger partial charge in [-0.25, -0.2) is 9.59 Å². The summed E-state index contributed by atoms with van der Waals surface area (Å²) in [5.74, 6) is -0.834. The molecule has 1 heterocycles. The van der Waals surface area contributed by atoms with E-state index in [0.29, 0.717) is 0 Å². The van der Waals surface area contributed by atoms with Crippen LogP contribution in [0.15, 0.2) is 23.6 Å². The molecule has 1 aromatic carbocycles. The van der Waals surface area contributed by atoms with Gasteiger partial charge in [0.15, 0.2) is 5.69 Å². The summed E-state index contributed by atoms with van der Waals surface area (Å²) in [6.45, 7) is 0. The third-order valence-corrected chi connectivity index (χ3v) is 3.14. The Hall–Kier alpha value is -1.90. The van der Waals surface area contributed by atoms with Gasteiger partial charge in [-0.1, -0.05) is 33.8 Å². The minimum atomic E-state index is -0.834. The minimum Gasteiger partial charge on any atom is -0.332 e. The van der Waals surface area contributed by atoms with E-state index in [9.17, 15) is 9.59 Å². The summed E-state index contributed by atoms with van der Waals surface area (Å²) in [4.78, 5) is 27.4. The van der Waals surface area contributed by atoms with Crippen LogP contribution in [0.2, 0.25) is 10.0 Å². The second-order valence-electron chi connectivity index (χ2n) is 3.33. The molecule has 10 heteroatoms. The van der Waals surface area contributed by atoms with Crippen LogP contribution >= 0.6 is 34.7 Å². The highest BCUT2D eigenvalue weighted by Gasteiger charge is 2.14. The average molecular weight is 333 g/mol. The maximum absolute atomic E-state index is 11.5. The lowest BCUT2D eigenvalue weighted by molar-refractivity contribution is 0.0333. The number of carbonyl (C=O) groups is 2. The van der Waals surface area contributed by atoms with Crippen LogP contribution in [-0.2, 0) is 4.84 Å². The van der Waals surface area contributed by atoms with Crippen LogP contribution in [0.5, 0.6) is 0 Å². The number of hydrogen-bond donors (Lipinski definition) is 2. The fourth-order valence-corrected chi connectivity index (χ4v) is 2.07. The smallest absolute Gasteiger partial charge is 0.332 e. The first-order chi connectivity index (χ1) is 9.58. The van der Waals surface area contributed by atoms with E-state index in [4.69, 9.17) is 23.2 Å². The van der Waals surface area contributed by atoms with Crippen molar-refractivity contribution in [3.63, 3.8) is 0 Å². The molecule has 0 bridgehead atoms. The second kappa shape index (κ2) is 6.51. The number of anilines is 1. The van der Waals surface area contributed by atoms with Gasteiger partial charge in [-0.05, 0) is 23.7 Å². The van der Waals surface area contributed by atoms with Crippen molar-refractivity contribution in [1.29, 1.82) is 0 Å². The summed E-state index contributed by atoms with van der Waals surface area (Å²) >= 11 is 12.7. The maximum atomic E-state index is 11.5. The lowest BCUT2D eigenvalue weighted by Gasteiger charge is -2.09. The van der Waals surface area contributed by atoms with Crippen molar-refractivity contribution < 1.29 is 14.4 Å². The molecule has 1 aromatic heterocycles. The summed E-state index contributed by atoms with van der Waals surface area (Å²) in [6, 6.07) is 3.92. The quantitative estimate of drug-likeness (QED) is 0.824. The van der Waals surface area contributed by atoms with Crippen LogP contribution in [-0.4, -0.2) is 21.6 Å². The Morgan fingerprint density at radius 1 is 1.25 bits per heavy atom. The second-order valence-corrected chi connectivity index (χ2v) is 4.76. The topological polar surface area (TPSA) is 93.2 Å². The molecule has 0 fully saturated rings. The SMILES string of the molecule is O=C(NOC(=O)c1csnn1)Nc1c(Cl)cccc1Cl. The monoisotopic (exact) mass is 332 g/mol. The number of halogens is 2. The van der Waals surface area contributed by atoms with Gasteiger partial charge < -0.3 is 10.2 Å². The fourth-order valence-electron chi connectivity index (χ4n) is 1.15. The largest absolute Gasteiger partial charge is 0.384 e. The van der Waals surface area contributed by atoms with E-state index >= 15 is 0 Å². The zero-order valence-electron chi connectivity index (χ0n) is 9.59. The van der Waals surface area contributed by atoms with Gasteiger partial charge in [-0.3, -0.25) is 0 Å². The molecule has 2 N–H and O–H groups in total. The van der Waals surface area contributed by atoms with Crippen LogP contribution in [0, 0.1) is 0 Å². The molecule has 0 radical (unpaired) electrons. The molecule has 104 valence electrons. The first kappa shape index (κ1) is 14.5. The molecule has 0 aliphatic rings. The highest BCUT2D eigenvalue weighted by molar-refractivity contribution is 7.03. The van der Waals surface area contributed by atoms with Crippen molar-refractivity contribution in [3.05, 3.63) is 39.3 Å². The Labute approximate surface area is 127 Å². The van der Waals surface area contributed by atoms with Crippen molar-refractivity contribution in [1.82, 2.24) is 15.1 Å². The Balaban J connectivity index is 1.92. The zero-order chi connectivity index (χ0) is 14.5. The minimum absolute atomic E-state index is 0.00826. The van der Waals surface area contributed by atoms with Crippen LogP contribution in [0.4, 0.5) is 10.5 Å². The first-order valence-electron chi connectivity index (χ1n) is 5.07. The fraction of sp³-hybridized carbons (Fsp3) is 0. The van der Waals surface area contributed by atoms with Crippen LogP contribution < -0.4 is 10.8 Å². The predicted octanol–water partition coefficient (Wildman–Crippen LogP) is 2.74. The average Bonchev–Trinajstić information content (AvgIpc) is 2.94. The summed E-state index contributed by atoms with van der Waals surface area (Å²) in [7, 11) is 0. The van der Waals surface area contributed by atoms with Crippen LogP contribution in [0.3, 0.4) is 0 Å². The molecule has 2 rings (SSSR count). The third-order valence-electron chi connectivity index (χ3n) is 2.01. The number of rotatable bonds is 2. The summed E-state index contributed by atoms with van der Waals surface area (Å²) in [5.41, 5.74) is 2.09. The van der Waals surface area contributed by atoms with Gasteiger partial charge in [0, 0.05) is 5.38 Å². The molecule has 0 atom stereocenters. The normalized spacial score (nSPS) is 9.90. The molecule has 2 aromatic rings. The standard InChI is InChI=1S/C10H6Cl2N4O3S/c11-5-2-1-3-6(12)8(5)13-10(18)15-19-9(17)7-4-20-16-14-7/h1-4H,(H2,13,15,18). The van der Waals surface area contributed by atoms with Crippen LogP contribution in [0.25, 0.3) is 0 Å². The van der Waals surface area contributed by atoms with Gasteiger partial charge in [0.1, 0.15) is 0 Å². The molecule has 0 unspecified atom stereocenters. The number of benzene rings is 1. The molecular formula is C10H6Cl2N4O3S. The van der Waals surface area contributed by atoms with E-state index in [-0.39, 0.29) is 21.4 Å². The van der Waals surface area contributed by atoms with Gasteiger partial charge in [-0.15, -0.1) is 5.10 Å². The number of nitrogens with one attached hydrogen (secondary N) is 2. The Morgan fingerprint density at radius 2 is 1.95 bits per heavy atom. The molecular weight excluding hydrogens is 327 g/mol. The number of nitrogens with zero attached hydrogens (tertiary/aromatic N) is 2. The number of aromatic nitrogens is 2. The molecule has 20 heavy (non-hydrogen) atoms. The number of urea groups is 1. The van der Waals surface area contributed by atoms with Crippen LogP contribution in [0.1, 0.15) is 10.5 Å². The summed E-state index contributed by atoms with van der Waals surface area (Å²) < 4.78 is 3.49. The lowest BCUT2D eigenvalue weighted by Crippen LogP contribution is -2.31. The predicted molar refractivity (Wildman–Crippen MR) is 73.9 cm³/mol. The number of hydroxylamine groups is 1. The third kappa shape index (κ3) is 3.56. The molecule has 0 spiro atoms. The first-order valence-corrected chi connectivity index (χ1v) is 6.66. The highest BCUT2D eigenvalue weighted by Crippen LogP contribution is 2.29. The van der Waals surface area contributed by atoms with Gasteiger partial charge in [0.05, 0.1) is 15.7 Å². The molecule has 0 aliphatic carbocycles. The van der Waals surface area contributed by atoms with Crippen molar-refractivity contribution in [2.45, 2.75) is 0 Å². The van der Waals surface area contributed by atoms with E-state index in [0.717, 1.165) is 11.5 Å². The van der Waals surface area contributed by atoms with E-state index < -0.39 is 12.0 Å². The Kier molecular flexibility index (Phi) is 4.72. The molecule has 0 aliphatic heterocycles. The van der Waals surface area contributed by atoms with Crippen molar-refractivity contribution >= 4 is 52.4 Å². The number of amides is 2. The van der Waals surface area contributed by atoms with Crippen molar-refractivity contribution in [2.24, 2.45) is 0 Å².